The van der Waals surface area contributed by atoms with Gasteiger partial charge in [0.2, 0.25) is 0 Å². The van der Waals surface area contributed by atoms with Crippen molar-refractivity contribution in [2.24, 2.45) is 7.05 Å². The molecule has 0 radical (unpaired) electrons. The third-order valence-corrected chi connectivity index (χ3v) is 2.34. The van der Waals surface area contributed by atoms with Crippen LogP contribution in [0.15, 0.2) is 47.9 Å². The van der Waals surface area contributed by atoms with E-state index in [4.69, 9.17) is 4.42 Å². The Morgan fingerprint density at radius 2 is 2.53 bits per heavy atom. The van der Waals surface area contributed by atoms with E-state index in [-0.39, 0.29) is 5.91 Å². The van der Waals surface area contributed by atoms with E-state index >= 15 is 0 Å². The molecule has 0 bridgehead atoms. The molecule has 0 N–H and O–H groups in total. The van der Waals surface area contributed by atoms with Gasteiger partial charge in [-0.05, 0) is 18.2 Å². The molecule has 0 atom stereocenters. The van der Waals surface area contributed by atoms with Crippen LogP contribution in [0.5, 0.6) is 0 Å². The zero-order valence-electron chi connectivity index (χ0n) is 9.54. The molecule has 0 unspecified atom stereocenters. The maximum atomic E-state index is 11.8. The molecule has 0 aliphatic rings. The first-order valence-corrected chi connectivity index (χ1v) is 5.15. The number of carbonyl (C=O) groups excluding carboxylic acids is 1. The van der Waals surface area contributed by atoms with Crippen LogP contribution in [0.4, 0.5) is 5.69 Å². The second-order valence-corrected chi connectivity index (χ2v) is 3.58. The number of aryl methyl sites for hydroxylation is 1. The Hall–Kier alpha value is -2.30. The Balaban J connectivity index is 2.25. The average molecular weight is 231 g/mol. The molecule has 5 nitrogen and oxygen atoms in total. The summed E-state index contributed by atoms with van der Waals surface area (Å²) in [5, 5.41) is 4.04. The van der Waals surface area contributed by atoms with Gasteiger partial charge in [-0.3, -0.25) is 14.4 Å². The van der Waals surface area contributed by atoms with Crippen LogP contribution < -0.4 is 4.90 Å². The predicted octanol–water partition coefficient (Wildman–Crippen LogP) is 1.73. The largest absolute Gasteiger partial charge is 0.467 e. The molecule has 0 saturated carbocycles. The number of anilines is 1. The zero-order chi connectivity index (χ0) is 12.3. The van der Waals surface area contributed by atoms with E-state index in [0.717, 1.165) is 0 Å². The quantitative estimate of drug-likeness (QED) is 0.753. The fourth-order valence-electron chi connectivity index (χ4n) is 1.51. The molecule has 2 heterocycles. The Kier molecular flexibility index (Phi) is 3.09. The summed E-state index contributed by atoms with van der Waals surface area (Å²) in [6.45, 7) is 3.86. The Morgan fingerprint density at radius 3 is 3.06 bits per heavy atom. The number of hydrogen-bond donors (Lipinski definition) is 0. The van der Waals surface area contributed by atoms with Crippen LogP contribution in [-0.2, 0) is 18.4 Å². The SMILES string of the molecule is C=CC(=O)N(Cc1ccco1)c1cnn(C)c1. The average Bonchev–Trinajstić information content (AvgIpc) is 2.96. The van der Waals surface area contributed by atoms with Gasteiger partial charge in [-0.25, -0.2) is 0 Å². The van der Waals surface area contributed by atoms with Gasteiger partial charge in [-0.2, -0.15) is 5.10 Å². The molecule has 1 amide bonds. The van der Waals surface area contributed by atoms with Crippen LogP contribution in [-0.4, -0.2) is 15.7 Å². The van der Waals surface area contributed by atoms with E-state index in [9.17, 15) is 4.79 Å². The molecule has 88 valence electrons. The van der Waals surface area contributed by atoms with Gasteiger partial charge >= 0.3 is 0 Å². The van der Waals surface area contributed by atoms with E-state index in [1.807, 2.05) is 6.07 Å². The second-order valence-electron chi connectivity index (χ2n) is 3.58. The summed E-state index contributed by atoms with van der Waals surface area (Å²) >= 11 is 0. The van der Waals surface area contributed by atoms with Crippen LogP contribution in [0, 0.1) is 0 Å². The van der Waals surface area contributed by atoms with Gasteiger partial charge in [-0.1, -0.05) is 6.58 Å². The van der Waals surface area contributed by atoms with E-state index in [1.54, 1.807) is 41.4 Å². The number of hydrogen-bond acceptors (Lipinski definition) is 3. The van der Waals surface area contributed by atoms with Crippen molar-refractivity contribution < 1.29 is 9.21 Å². The fourth-order valence-corrected chi connectivity index (χ4v) is 1.51. The minimum absolute atomic E-state index is 0.186. The lowest BCUT2D eigenvalue weighted by Gasteiger charge is -2.17. The predicted molar refractivity (Wildman–Crippen MR) is 63.3 cm³/mol. The highest BCUT2D eigenvalue weighted by atomic mass is 16.3. The lowest BCUT2D eigenvalue weighted by Crippen LogP contribution is -2.28. The summed E-state index contributed by atoms with van der Waals surface area (Å²) in [6.07, 6.45) is 6.25. The maximum absolute atomic E-state index is 11.8. The molecule has 0 fully saturated rings. The third-order valence-electron chi connectivity index (χ3n) is 2.34. The summed E-state index contributed by atoms with van der Waals surface area (Å²) in [6, 6.07) is 3.61. The Morgan fingerprint density at radius 1 is 1.71 bits per heavy atom. The van der Waals surface area contributed by atoms with E-state index in [1.165, 1.54) is 6.08 Å². The summed E-state index contributed by atoms with van der Waals surface area (Å²) in [7, 11) is 1.80. The second kappa shape index (κ2) is 4.69. The number of rotatable bonds is 4. The molecule has 2 rings (SSSR count). The van der Waals surface area contributed by atoms with Crippen molar-refractivity contribution in [3.8, 4) is 0 Å². The zero-order valence-corrected chi connectivity index (χ0v) is 9.54. The van der Waals surface area contributed by atoms with Crippen LogP contribution in [0.1, 0.15) is 5.76 Å². The van der Waals surface area contributed by atoms with Gasteiger partial charge in [0.25, 0.3) is 5.91 Å². The van der Waals surface area contributed by atoms with Crippen molar-refractivity contribution in [2.75, 3.05) is 4.90 Å². The van der Waals surface area contributed by atoms with Crippen molar-refractivity contribution in [3.63, 3.8) is 0 Å². The minimum Gasteiger partial charge on any atom is -0.467 e. The lowest BCUT2D eigenvalue weighted by molar-refractivity contribution is -0.114. The number of aromatic nitrogens is 2. The Bertz CT molecular complexity index is 514. The number of nitrogens with zero attached hydrogens (tertiary/aromatic N) is 3. The fraction of sp³-hybridized carbons (Fsp3) is 0.167. The first kappa shape index (κ1) is 11.2. The lowest BCUT2D eigenvalue weighted by atomic mass is 10.3. The molecule has 0 spiro atoms. The summed E-state index contributed by atoms with van der Waals surface area (Å²) in [4.78, 5) is 13.3. The number of furan rings is 1. The topological polar surface area (TPSA) is 51.3 Å². The molecular weight excluding hydrogens is 218 g/mol. The van der Waals surface area contributed by atoms with Crippen LogP contribution in [0.2, 0.25) is 0 Å². The highest BCUT2D eigenvalue weighted by Crippen LogP contribution is 2.16. The normalized spacial score (nSPS) is 10.2. The molecule has 0 aliphatic heterocycles. The first-order chi connectivity index (χ1) is 8.20. The highest BCUT2D eigenvalue weighted by Gasteiger charge is 2.16. The molecule has 17 heavy (non-hydrogen) atoms. The van der Waals surface area contributed by atoms with Gasteiger partial charge < -0.3 is 4.42 Å². The molecule has 2 aromatic rings. The maximum Gasteiger partial charge on any atom is 0.250 e. The molecule has 2 aromatic heterocycles. The molecule has 0 aromatic carbocycles. The van der Waals surface area contributed by atoms with Crippen molar-refractivity contribution in [1.29, 1.82) is 0 Å². The Labute approximate surface area is 98.9 Å². The summed E-state index contributed by atoms with van der Waals surface area (Å²) in [5.41, 5.74) is 0.716. The van der Waals surface area contributed by atoms with Crippen LogP contribution in [0.3, 0.4) is 0 Å². The van der Waals surface area contributed by atoms with E-state index < -0.39 is 0 Å². The van der Waals surface area contributed by atoms with Crippen LogP contribution >= 0.6 is 0 Å². The van der Waals surface area contributed by atoms with Gasteiger partial charge in [0.15, 0.2) is 0 Å². The number of amides is 1. The highest BCUT2D eigenvalue weighted by molar-refractivity contribution is 6.00. The standard InChI is InChI=1S/C12H13N3O2/c1-3-12(16)15(9-11-5-4-6-17-11)10-7-13-14(2)8-10/h3-8H,1,9H2,2H3. The van der Waals surface area contributed by atoms with Crippen molar-refractivity contribution in [1.82, 2.24) is 9.78 Å². The van der Waals surface area contributed by atoms with Gasteiger partial charge in [0, 0.05) is 13.2 Å². The monoisotopic (exact) mass is 231 g/mol. The van der Waals surface area contributed by atoms with Crippen molar-refractivity contribution in [3.05, 3.63) is 49.2 Å². The van der Waals surface area contributed by atoms with Crippen molar-refractivity contribution in [2.45, 2.75) is 6.54 Å². The van der Waals surface area contributed by atoms with Gasteiger partial charge in [-0.15, -0.1) is 0 Å². The summed E-state index contributed by atoms with van der Waals surface area (Å²) in [5.74, 6) is 0.526. The molecular formula is C12H13N3O2. The molecule has 5 heteroatoms. The van der Waals surface area contributed by atoms with Gasteiger partial charge in [0.05, 0.1) is 24.7 Å². The van der Waals surface area contributed by atoms with Crippen molar-refractivity contribution >= 4 is 11.6 Å². The summed E-state index contributed by atoms with van der Waals surface area (Å²) < 4.78 is 6.87. The minimum atomic E-state index is -0.186. The molecule has 0 saturated heterocycles. The van der Waals surface area contributed by atoms with Crippen LogP contribution in [0.25, 0.3) is 0 Å². The third kappa shape index (κ3) is 2.44. The van der Waals surface area contributed by atoms with E-state index in [2.05, 4.69) is 11.7 Å². The number of carbonyl (C=O) groups is 1. The van der Waals surface area contributed by atoms with Gasteiger partial charge in [0.1, 0.15) is 5.76 Å². The van der Waals surface area contributed by atoms with E-state index in [0.29, 0.717) is 18.0 Å². The molecule has 0 aliphatic carbocycles. The smallest absolute Gasteiger partial charge is 0.250 e. The first-order valence-electron chi connectivity index (χ1n) is 5.15.